The molecule has 0 aliphatic carbocycles. The first-order chi connectivity index (χ1) is 4.85. The van der Waals surface area contributed by atoms with Crippen LogP contribution in [0.3, 0.4) is 0 Å². The Kier molecular flexibility index (Phi) is 6.22. The maximum absolute atomic E-state index is 5.00. The van der Waals surface area contributed by atoms with Crippen LogP contribution in [0.15, 0.2) is 12.8 Å². The fourth-order valence-corrected chi connectivity index (χ4v) is 0.545. The molecule has 0 aliphatic rings. The number of rotatable bonds is 6. The molecule has 0 aromatic heterocycles. The summed E-state index contributed by atoms with van der Waals surface area (Å²) >= 11 is 0. The largest absolute Gasteiger partial charge is 0.499 e. The van der Waals surface area contributed by atoms with E-state index in [2.05, 4.69) is 6.58 Å². The molecule has 1 atom stereocenters. The van der Waals surface area contributed by atoms with Gasteiger partial charge in [0.15, 0.2) is 0 Å². The van der Waals surface area contributed by atoms with Crippen LogP contribution in [0.4, 0.5) is 0 Å². The minimum atomic E-state index is 0.00278. The van der Waals surface area contributed by atoms with Crippen LogP contribution >= 0.6 is 0 Å². The zero-order chi connectivity index (χ0) is 7.82. The fourth-order valence-electron chi connectivity index (χ4n) is 0.545. The Bertz CT molecular complexity index is 82.9. The number of methoxy groups -OCH3 is 2. The SMILES string of the molecule is C=COCC(COC)OC. The second-order valence-corrected chi connectivity index (χ2v) is 1.81. The molecular weight excluding hydrogens is 132 g/mol. The number of hydrogen-bond acceptors (Lipinski definition) is 3. The van der Waals surface area contributed by atoms with Crippen molar-refractivity contribution in [3.63, 3.8) is 0 Å². The average Bonchev–Trinajstić information content (AvgIpc) is 1.98. The van der Waals surface area contributed by atoms with Crippen LogP contribution in [-0.4, -0.2) is 33.5 Å². The van der Waals surface area contributed by atoms with Crippen molar-refractivity contribution in [1.29, 1.82) is 0 Å². The minimum absolute atomic E-state index is 0.00278. The summed E-state index contributed by atoms with van der Waals surface area (Å²) in [6, 6.07) is 0. The van der Waals surface area contributed by atoms with Crippen LogP contribution in [0, 0.1) is 0 Å². The van der Waals surface area contributed by atoms with E-state index in [0.717, 1.165) is 0 Å². The molecule has 0 amide bonds. The highest BCUT2D eigenvalue weighted by atomic mass is 16.5. The Morgan fingerprint density at radius 3 is 2.50 bits per heavy atom. The van der Waals surface area contributed by atoms with Gasteiger partial charge < -0.3 is 14.2 Å². The molecule has 0 fully saturated rings. The van der Waals surface area contributed by atoms with Gasteiger partial charge in [-0.3, -0.25) is 0 Å². The summed E-state index contributed by atoms with van der Waals surface area (Å²) in [4.78, 5) is 0. The zero-order valence-electron chi connectivity index (χ0n) is 6.50. The van der Waals surface area contributed by atoms with Crippen molar-refractivity contribution in [3.05, 3.63) is 12.8 Å². The van der Waals surface area contributed by atoms with Crippen molar-refractivity contribution in [1.82, 2.24) is 0 Å². The van der Waals surface area contributed by atoms with Crippen molar-refractivity contribution in [2.45, 2.75) is 6.10 Å². The van der Waals surface area contributed by atoms with Gasteiger partial charge in [-0.1, -0.05) is 6.58 Å². The molecule has 0 N–H and O–H groups in total. The van der Waals surface area contributed by atoms with E-state index in [9.17, 15) is 0 Å². The third-order valence-electron chi connectivity index (χ3n) is 1.09. The Labute approximate surface area is 61.6 Å². The lowest BCUT2D eigenvalue weighted by Crippen LogP contribution is -2.22. The lowest BCUT2D eigenvalue weighted by molar-refractivity contribution is -0.00913. The van der Waals surface area contributed by atoms with Gasteiger partial charge in [0.05, 0.1) is 12.9 Å². The molecule has 0 rings (SSSR count). The topological polar surface area (TPSA) is 27.7 Å². The smallest absolute Gasteiger partial charge is 0.116 e. The molecule has 1 unspecified atom stereocenters. The van der Waals surface area contributed by atoms with Crippen molar-refractivity contribution >= 4 is 0 Å². The molecule has 3 nitrogen and oxygen atoms in total. The maximum Gasteiger partial charge on any atom is 0.116 e. The predicted octanol–water partition coefficient (Wildman–Crippen LogP) is 0.808. The van der Waals surface area contributed by atoms with Crippen molar-refractivity contribution in [3.8, 4) is 0 Å². The van der Waals surface area contributed by atoms with Crippen LogP contribution in [-0.2, 0) is 14.2 Å². The molecule has 0 saturated carbocycles. The Balaban J connectivity index is 3.29. The Morgan fingerprint density at radius 2 is 2.10 bits per heavy atom. The molecular formula is C7H14O3. The van der Waals surface area contributed by atoms with E-state index in [-0.39, 0.29) is 6.10 Å². The minimum Gasteiger partial charge on any atom is -0.499 e. The third-order valence-corrected chi connectivity index (χ3v) is 1.09. The molecule has 0 saturated heterocycles. The zero-order valence-corrected chi connectivity index (χ0v) is 6.50. The Morgan fingerprint density at radius 1 is 1.40 bits per heavy atom. The quantitative estimate of drug-likeness (QED) is 0.519. The molecule has 0 aromatic carbocycles. The molecule has 0 spiro atoms. The second-order valence-electron chi connectivity index (χ2n) is 1.81. The van der Waals surface area contributed by atoms with Crippen LogP contribution in [0.25, 0.3) is 0 Å². The Hall–Kier alpha value is -0.540. The van der Waals surface area contributed by atoms with Crippen LogP contribution in [0.1, 0.15) is 0 Å². The van der Waals surface area contributed by atoms with Gasteiger partial charge in [-0.15, -0.1) is 0 Å². The van der Waals surface area contributed by atoms with Crippen molar-refractivity contribution < 1.29 is 14.2 Å². The molecule has 0 radical (unpaired) electrons. The van der Waals surface area contributed by atoms with E-state index in [4.69, 9.17) is 14.2 Å². The van der Waals surface area contributed by atoms with Gasteiger partial charge in [-0.25, -0.2) is 0 Å². The van der Waals surface area contributed by atoms with Gasteiger partial charge in [-0.05, 0) is 0 Å². The van der Waals surface area contributed by atoms with Gasteiger partial charge in [0.1, 0.15) is 12.7 Å². The number of hydrogen-bond donors (Lipinski definition) is 0. The molecule has 0 heterocycles. The average molecular weight is 146 g/mol. The van der Waals surface area contributed by atoms with Crippen LogP contribution in [0.2, 0.25) is 0 Å². The van der Waals surface area contributed by atoms with Gasteiger partial charge >= 0.3 is 0 Å². The molecule has 0 bridgehead atoms. The first kappa shape index (κ1) is 9.46. The van der Waals surface area contributed by atoms with Crippen LogP contribution in [0.5, 0.6) is 0 Å². The van der Waals surface area contributed by atoms with Crippen LogP contribution < -0.4 is 0 Å². The lowest BCUT2D eigenvalue weighted by Gasteiger charge is -2.12. The summed E-state index contributed by atoms with van der Waals surface area (Å²) in [6.45, 7) is 4.45. The summed E-state index contributed by atoms with van der Waals surface area (Å²) in [6.07, 6.45) is 1.39. The standard InChI is InChI=1S/C7H14O3/c1-4-10-6-7(9-3)5-8-2/h4,7H,1,5-6H2,2-3H3. The molecule has 3 heteroatoms. The van der Waals surface area contributed by atoms with E-state index >= 15 is 0 Å². The predicted molar refractivity (Wildman–Crippen MR) is 38.8 cm³/mol. The molecule has 10 heavy (non-hydrogen) atoms. The van der Waals surface area contributed by atoms with Gasteiger partial charge in [0.2, 0.25) is 0 Å². The highest BCUT2D eigenvalue weighted by Crippen LogP contribution is 1.91. The van der Waals surface area contributed by atoms with E-state index in [1.807, 2.05) is 0 Å². The summed E-state index contributed by atoms with van der Waals surface area (Å²) in [5.41, 5.74) is 0. The van der Waals surface area contributed by atoms with E-state index < -0.39 is 0 Å². The van der Waals surface area contributed by atoms with Gasteiger partial charge in [0.25, 0.3) is 0 Å². The summed E-state index contributed by atoms with van der Waals surface area (Å²) in [5.74, 6) is 0. The summed E-state index contributed by atoms with van der Waals surface area (Å²) in [7, 11) is 3.25. The van der Waals surface area contributed by atoms with Crippen molar-refractivity contribution in [2.24, 2.45) is 0 Å². The monoisotopic (exact) mass is 146 g/mol. The highest BCUT2D eigenvalue weighted by molar-refractivity contribution is 4.57. The highest BCUT2D eigenvalue weighted by Gasteiger charge is 2.04. The normalized spacial score (nSPS) is 12.6. The third kappa shape index (κ3) is 4.35. The lowest BCUT2D eigenvalue weighted by atomic mass is 10.4. The summed E-state index contributed by atoms with van der Waals surface area (Å²) in [5, 5.41) is 0. The molecule has 60 valence electrons. The summed E-state index contributed by atoms with van der Waals surface area (Å²) < 4.78 is 14.7. The van der Waals surface area contributed by atoms with Crippen molar-refractivity contribution in [2.75, 3.05) is 27.4 Å². The second kappa shape index (κ2) is 6.58. The number of ether oxygens (including phenoxy) is 3. The first-order valence-corrected chi connectivity index (χ1v) is 3.09. The van der Waals surface area contributed by atoms with Gasteiger partial charge in [-0.2, -0.15) is 0 Å². The fraction of sp³-hybridized carbons (Fsp3) is 0.714. The van der Waals surface area contributed by atoms with E-state index in [1.165, 1.54) is 6.26 Å². The first-order valence-electron chi connectivity index (χ1n) is 3.09. The maximum atomic E-state index is 5.00. The molecule has 0 aromatic rings. The van der Waals surface area contributed by atoms with Gasteiger partial charge in [0, 0.05) is 14.2 Å². The van der Waals surface area contributed by atoms with E-state index in [0.29, 0.717) is 13.2 Å². The van der Waals surface area contributed by atoms with E-state index in [1.54, 1.807) is 14.2 Å². The molecule has 0 aliphatic heterocycles.